The summed E-state index contributed by atoms with van der Waals surface area (Å²) in [7, 11) is 1.42. The van der Waals surface area contributed by atoms with Crippen molar-refractivity contribution in [2.45, 2.75) is 12.8 Å². The molecule has 1 aromatic carbocycles. The highest BCUT2D eigenvalue weighted by Gasteiger charge is 2.28. The third-order valence-electron chi connectivity index (χ3n) is 3.77. The van der Waals surface area contributed by atoms with Gasteiger partial charge in [0.25, 0.3) is 5.91 Å². The first kappa shape index (κ1) is 16.0. The molecule has 0 bridgehead atoms. The Morgan fingerprint density at radius 2 is 1.90 bits per heavy atom. The minimum Gasteiger partial charge on any atom is -0.469 e. The van der Waals surface area contributed by atoms with Crippen molar-refractivity contribution in [1.29, 1.82) is 0 Å². The van der Waals surface area contributed by atoms with Crippen LogP contribution in [0.3, 0.4) is 0 Å². The average molecular weight is 356 g/mol. The molecule has 114 valence electrons. The van der Waals surface area contributed by atoms with Crippen molar-refractivity contribution in [3.05, 3.63) is 28.7 Å². The Balaban J connectivity index is 1.76. The number of carbonyl (C=O) groups is 2. The maximum Gasteiger partial charge on any atom is 0.309 e. The molecule has 1 aliphatic heterocycles. The standard InChI is InChI=1S/C15H19BrN2O3/c1-21-15(20)11-6-8-18(9-7-11)10-14(19)17-13-4-2-12(16)3-5-13/h2-5,11H,6-10H2,1H3,(H,17,19)/p+1. The zero-order chi connectivity index (χ0) is 15.2. The van der Waals surface area contributed by atoms with E-state index in [0.29, 0.717) is 6.54 Å². The Hall–Kier alpha value is -1.40. The van der Waals surface area contributed by atoms with Gasteiger partial charge in [0.1, 0.15) is 0 Å². The quantitative estimate of drug-likeness (QED) is 0.787. The lowest BCUT2D eigenvalue weighted by Crippen LogP contribution is -3.14. The number of ether oxygens (including phenoxy) is 1. The summed E-state index contributed by atoms with van der Waals surface area (Å²) in [5.41, 5.74) is 0.798. The monoisotopic (exact) mass is 355 g/mol. The summed E-state index contributed by atoms with van der Waals surface area (Å²) >= 11 is 3.36. The summed E-state index contributed by atoms with van der Waals surface area (Å²) < 4.78 is 5.75. The van der Waals surface area contributed by atoms with Crippen LogP contribution >= 0.6 is 15.9 Å². The first-order valence-corrected chi connectivity index (χ1v) is 7.84. The number of hydrogen-bond donors (Lipinski definition) is 2. The molecule has 6 heteroatoms. The molecule has 5 nitrogen and oxygen atoms in total. The van der Waals surface area contributed by atoms with Gasteiger partial charge in [0.15, 0.2) is 6.54 Å². The fraction of sp³-hybridized carbons (Fsp3) is 0.467. The summed E-state index contributed by atoms with van der Waals surface area (Å²) in [6, 6.07) is 7.51. The third kappa shape index (κ3) is 4.82. The number of halogens is 1. The van der Waals surface area contributed by atoms with Crippen molar-refractivity contribution in [3.8, 4) is 0 Å². The van der Waals surface area contributed by atoms with Gasteiger partial charge >= 0.3 is 5.97 Å². The van der Waals surface area contributed by atoms with E-state index in [0.717, 1.165) is 36.1 Å². The molecule has 0 aliphatic carbocycles. The van der Waals surface area contributed by atoms with Gasteiger partial charge in [-0.25, -0.2) is 0 Å². The summed E-state index contributed by atoms with van der Waals surface area (Å²) in [6.07, 6.45) is 1.57. The third-order valence-corrected chi connectivity index (χ3v) is 4.29. The highest BCUT2D eigenvalue weighted by atomic mass is 79.9. The number of hydrogen-bond acceptors (Lipinski definition) is 3. The predicted molar refractivity (Wildman–Crippen MR) is 83.1 cm³/mol. The first-order valence-electron chi connectivity index (χ1n) is 7.05. The SMILES string of the molecule is COC(=O)C1CC[NH+](CC(=O)Nc2ccc(Br)cc2)CC1. The van der Waals surface area contributed by atoms with Crippen molar-refractivity contribution in [2.75, 3.05) is 32.1 Å². The van der Waals surface area contributed by atoms with Crippen LogP contribution in [-0.4, -0.2) is 38.6 Å². The summed E-state index contributed by atoms with van der Waals surface area (Å²) in [5, 5.41) is 2.89. The molecular weight excluding hydrogens is 336 g/mol. The van der Waals surface area contributed by atoms with Crippen molar-refractivity contribution in [2.24, 2.45) is 5.92 Å². The average Bonchev–Trinajstić information content (AvgIpc) is 2.49. The lowest BCUT2D eigenvalue weighted by molar-refractivity contribution is -0.897. The Morgan fingerprint density at radius 3 is 2.48 bits per heavy atom. The highest BCUT2D eigenvalue weighted by Crippen LogP contribution is 2.14. The van der Waals surface area contributed by atoms with Crippen LogP contribution in [0.4, 0.5) is 5.69 Å². The van der Waals surface area contributed by atoms with E-state index in [4.69, 9.17) is 4.74 Å². The van der Waals surface area contributed by atoms with Crippen molar-refractivity contribution >= 4 is 33.5 Å². The second-order valence-corrected chi connectivity index (χ2v) is 6.19. The Morgan fingerprint density at radius 1 is 1.29 bits per heavy atom. The topological polar surface area (TPSA) is 59.8 Å². The first-order chi connectivity index (χ1) is 10.1. The van der Waals surface area contributed by atoms with Crippen LogP contribution in [0.15, 0.2) is 28.7 Å². The number of likely N-dealkylation sites (tertiary alicyclic amines) is 1. The number of carbonyl (C=O) groups excluding carboxylic acids is 2. The number of esters is 1. The lowest BCUT2D eigenvalue weighted by Gasteiger charge is -2.27. The van der Waals surface area contributed by atoms with E-state index in [1.165, 1.54) is 12.0 Å². The van der Waals surface area contributed by atoms with Gasteiger partial charge in [-0.05, 0) is 24.3 Å². The largest absolute Gasteiger partial charge is 0.469 e. The summed E-state index contributed by atoms with van der Waals surface area (Å²) in [5.74, 6) is -0.134. The van der Waals surface area contributed by atoms with Crippen LogP contribution < -0.4 is 10.2 Å². The molecule has 0 aromatic heterocycles. The smallest absolute Gasteiger partial charge is 0.309 e. The van der Waals surface area contributed by atoms with E-state index in [9.17, 15) is 9.59 Å². The van der Waals surface area contributed by atoms with E-state index < -0.39 is 0 Å². The van der Waals surface area contributed by atoms with Crippen LogP contribution in [0.5, 0.6) is 0 Å². The van der Waals surface area contributed by atoms with E-state index in [1.54, 1.807) is 0 Å². The number of piperidine rings is 1. The molecule has 0 unspecified atom stereocenters. The molecule has 0 atom stereocenters. The van der Waals surface area contributed by atoms with Gasteiger partial charge < -0.3 is 15.0 Å². The summed E-state index contributed by atoms with van der Waals surface area (Å²) in [4.78, 5) is 24.7. The molecule has 1 aliphatic rings. The number of methoxy groups -OCH3 is 1. The second kappa shape index (κ2) is 7.56. The molecule has 21 heavy (non-hydrogen) atoms. The molecule has 0 spiro atoms. The predicted octanol–water partition coefficient (Wildman–Crippen LogP) is 0.855. The molecule has 2 rings (SSSR count). The highest BCUT2D eigenvalue weighted by molar-refractivity contribution is 9.10. The zero-order valence-corrected chi connectivity index (χ0v) is 13.6. The van der Waals surface area contributed by atoms with E-state index in [1.807, 2.05) is 24.3 Å². The molecule has 1 saturated heterocycles. The van der Waals surface area contributed by atoms with E-state index in [-0.39, 0.29) is 17.8 Å². The summed E-state index contributed by atoms with van der Waals surface area (Å²) in [6.45, 7) is 2.09. The minimum absolute atomic E-state index is 0.00356. The lowest BCUT2D eigenvalue weighted by atomic mass is 9.97. The van der Waals surface area contributed by atoms with Gasteiger partial charge in [-0.15, -0.1) is 0 Å². The maximum absolute atomic E-state index is 12.0. The number of benzene rings is 1. The molecular formula is C15H20BrN2O3+. The normalized spacial score (nSPS) is 21.6. The number of rotatable bonds is 4. The molecule has 1 fully saturated rings. The van der Waals surface area contributed by atoms with Crippen LogP contribution in [-0.2, 0) is 14.3 Å². The number of anilines is 1. The van der Waals surface area contributed by atoms with Crippen molar-refractivity contribution in [1.82, 2.24) is 0 Å². The van der Waals surface area contributed by atoms with Gasteiger partial charge in [0.2, 0.25) is 0 Å². The van der Waals surface area contributed by atoms with Gasteiger partial charge in [-0.3, -0.25) is 9.59 Å². The Bertz CT molecular complexity index is 496. The van der Waals surface area contributed by atoms with Crippen LogP contribution in [0.2, 0.25) is 0 Å². The van der Waals surface area contributed by atoms with Crippen molar-refractivity contribution in [3.63, 3.8) is 0 Å². The fourth-order valence-electron chi connectivity index (χ4n) is 2.57. The molecule has 0 radical (unpaired) electrons. The van der Waals surface area contributed by atoms with Gasteiger partial charge in [-0.1, -0.05) is 15.9 Å². The molecule has 1 aromatic rings. The van der Waals surface area contributed by atoms with Crippen LogP contribution in [0.25, 0.3) is 0 Å². The van der Waals surface area contributed by atoms with Crippen LogP contribution in [0.1, 0.15) is 12.8 Å². The Labute approximate surface area is 132 Å². The van der Waals surface area contributed by atoms with Crippen LogP contribution in [0, 0.1) is 5.92 Å². The maximum atomic E-state index is 12.0. The van der Waals surface area contributed by atoms with E-state index in [2.05, 4.69) is 21.2 Å². The molecule has 2 N–H and O–H groups in total. The molecule has 1 amide bonds. The Kier molecular flexibility index (Phi) is 5.76. The minimum atomic E-state index is -0.131. The van der Waals surface area contributed by atoms with Gasteiger partial charge in [0.05, 0.1) is 26.1 Å². The molecule has 0 saturated carbocycles. The van der Waals surface area contributed by atoms with Crippen molar-refractivity contribution < 1.29 is 19.2 Å². The molecule has 1 heterocycles. The fourth-order valence-corrected chi connectivity index (χ4v) is 2.83. The van der Waals surface area contributed by atoms with Gasteiger partial charge in [-0.2, -0.15) is 0 Å². The van der Waals surface area contributed by atoms with E-state index >= 15 is 0 Å². The zero-order valence-electron chi connectivity index (χ0n) is 12.0. The van der Waals surface area contributed by atoms with Gasteiger partial charge in [0, 0.05) is 23.0 Å². The number of quaternary nitrogens is 1. The second-order valence-electron chi connectivity index (χ2n) is 5.28. The number of amides is 1. The number of nitrogens with one attached hydrogen (secondary N) is 2.